The van der Waals surface area contributed by atoms with Gasteiger partial charge in [-0.1, -0.05) is 26.7 Å². The molecule has 17 heavy (non-hydrogen) atoms. The summed E-state index contributed by atoms with van der Waals surface area (Å²) in [4.78, 5) is 0. The van der Waals surface area contributed by atoms with Crippen LogP contribution in [-0.2, 0) is 9.84 Å². The maximum atomic E-state index is 11.4. The molecule has 4 heteroatoms. The van der Waals surface area contributed by atoms with Gasteiger partial charge in [0.1, 0.15) is 9.84 Å². The topological polar surface area (TPSA) is 60.2 Å². The van der Waals surface area contributed by atoms with Gasteiger partial charge in [0.25, 0.3) is 0 Å². The van der Waals surface area contributed by atoms with Crippen LogP contribution in [0, 0.1) is 5.92 Å². The molecular formula is C13H27NO2S. The van der Waals surface area contributed by atoms with Crippen molar-refractivity contribution in [3.05, 3.63) is 0 Å². The number of rotatable bonds is 5. The van der Waals surface area contributed by atoms with Crippen molar-refractivity contribution in [3.8, 4) is 0 Å². The van der Waals surface area contributed by atoms with Crippen molar-refractivity contribution < 1.29 is 8.42 Å². The number of nitrogens with two attached hydrogens (primary N) is 1. The predicted octanol–water partition coefficient (Wildman–Crippen LogP) is 2.50. The summed E-state index contributed by atoms with van der Waals surface area (Å²) in [6, 6.07) is 0. The smallest absolute Gasteiger partial charge is 0.150 e. The molecule has 2 unspecified atom stereocenters. The van der Waals surface area contributed by atoms with E-state index in [9.17, 15) is 8.42 Å². The summed E-state index contributed by atoms with van der Waals surface area (Å²) in [5, 5.41) is 0. The molecule has 2 atom stereocenters. The van der Waals surface area contributed by atoms with Gasteiger partial charge in [-0.3, -0.25) is 0 Å². The largest absolute Gasteiger partial charge is 0.325 e. The molecule has 0 heterocycles. The van der Waals surface area contributed by atoms with E-state index in [2.05, 4.69) is 6.92 Å². The Morgan fingerprint density at radius 3 is 2.65 bits per heavy atom. The van der Waals surface area contributed by atoms with E-state index in [4.69, 9.17) is 5.73 Å². The number of sulfone groups is 1. The summed E-state index contributed by atoms with van der Waals surface area (Å²) in [5.74, 6) is 1.33. The van der Waals surface area contributed by atoms with Crippen LogP contribution in [0.2, 0.25) is 0 Å². The molecule has 1 rings (SSSR count). The van der Waals surface area contributed by atoms with Gasteiger partial charge in [0.05, 0.1) is 5.75 Å². The van der Waals surface area contributed by atoms with Gasteiger partial charge in [-0.2, -0.15) is 0 Å². The second-order valence-corrected chi connectivity index (χ2v) is 8.21. The standard InChI is InChI=1S/C13H27NO2S/c1-3-17(15,16)11-5-9-13(14)8-4-6-12(2)7-10-13/h12H,3-11,14H2,1-2H3. The van der Waals surface area contributed by atoms with E-state index < -0.39 is 9.84 Å². The zero-order chi connectivity index (χ0) is 12.9. The van der Waals surface area contributed by atoms with Crippen molar-refractivity contribution in [2.75, 3.05) is 11.5 Å². The molecule has 1 fully saturated rings. The third-order valence-electron chi connectivity index (χ3n) is 4.08. The first kappa shape index (κ1) is 15.0. The molecule has 0 radical (unpaired) electrons. The fraction of sp³-hybridized carbons (Fsp3) is 1.00. The van der Waals surface area contributed by atoms with Gasteiger partial charge in [-0.05, 0) is 38.0 Å². The van der Waals surface area contributed by atoms with Crippen LogP contribution < -0.4 is 5.73 Å². The second kappa shape index (κ2) is 6.19. The van der Waals surface area contributed by atoms with Crippen LogP contribution >= 0.6 is 0 Å². The zero-order valence-corrected chi connectivity index (χ0v) is 12.1. The van der Waals surface area contributed by atoms with Crippen LogP contribution in [0.5, 0.6) is 0 Å². The van der Waals surface area contributed by atoms with E-state index in [1.54, 1.807) is 6.92 Å². The first-order valence-electron chi connectivity index (χ1n) is 6.86. The SMILES string of the molecule is CCS(=O)(=O)CCCC1(N)CCCC(C)CC1. The molecule has 0 amide bonds. The van der Waals surface area contributed by atoms with Gasteiger partial charge < -0.3 is 5.73 Å². The van der Waals surface area contributed by atoms with E-state index in [1.807, 2.05) is 0 Å². The van der Waals surface area contributed by atoms with E-state index in [0.29, 0.717) is 5.75 Å². The Labute approximate surface area is 106 Å². The van der Waals surface area contributed by atoms with Gasteiger partial charge >= 0.3 is 0 Å². The zero-order valence-electron chi connectivity index (χ0n) is 11.2. The molecule has 0 aromatic heterocycles. The van der Waals surface area contributed by atoms with Gasteiger partial charge in [-0.25, -0.2) is 8.42 Å². The highest BCUT2D eigenvalue weighted by Gasteiger charge is 2.28. The first-order chi connectivity index (χ1) is 7.87. The van der Waals surface area contributed by atoms with Crippen LogP contribution in [0.3, 0.4) is 0 Å². The Morgan fingerprint density at radius 1 is 1.29 bits per heavy atom. The van der Waals surface area contributed by atoms with E-state index >= 15 is 0 Å². The van der Waals surface area contributed by atoms with Gasteiger partial charge in [0.15, 0.2) is 0 Å². The summed E-state index contributed by atoms with van der Waals surface area (Å²) >= 11 is 0. The average molecular weight is 261 g/mol. The summed E-state index contributed by atoms with van der Waals surface area (Å²) in [6.45, 7) is 3.99. The summed E-state index contributed by atoms with van der Waals surface area (Å²) < 4.78 is 22.8. The molecule has 0 bridgehead atoms. The lowest BCUT2D eigenvalue weighted by atomic mass is 9.86. The fourth-order valence-electron chi connectivity index (χ4n) is 2.64. The summed E-state index contributed by atoms with van der Waals surface area (Å²) in [6.07, 6.45) is 7.35. The molecular weight excluding hydrogens is 234 g/mol. The van der Waals surface area contributed by atoms with Crippen LogP contribution in [0.4, 0.5) is 0 Å². The molecule has 0 saturated heterocycles. The minimum absolute atomic E-state index is 0.103. The molecule has 1 aliphatic carbocycles. The highest BCUT2D eigenvalue weighted by Crippen LogP contribution is 2.31. The minimum atomic E-state index is -2.82. The molecule has 3 nitrogen and oxygen atoms in total. The van der Waals surface area contributed by atoms with E-state index in [-0.39, 0.29) is 11.3 Å². The minimum Gasteiger partial charge on any atom is -0.325 e. The Kier molecular flexibility index (Phi) is 5.45. The lowest BCUT2D eigenvalue weighted by molar-refractivity contribution is 0.338. The quantitative estimate of drug-likeness (QED) is 0.774. The monoisotopic (exact) mass is 261 g/mol. The van der Waals surface area contributed by atoms with E-state index in [1.165, 1.54) is 19.3 Å². The van der Waals surface area contributed by atoms with E-state index in [0.717, 1.165) is 31.6 Å². The van der Waals surface area contributed by atoms with Crippen LogP contribution in [-0.4, -0.2) is 25.5 Å². The molecule has 0 aliphatic heterocycles. The molecule has 0 aromatic carbocycles. The molecule has 1 aliphatic rings. The first-order valence-corrected chi connectivity index (χ1v) is 8.68. The normalized spacial score (nSPS) is 31.1. The van der Waals surface area contributed by atoms with Crippen molar-refractivity contribution in [1.29, 1.82) is 0 Å². The van der Waals surface area contributed by atoms with Crippen LogP contribution in [0.15, 0.2) is 0 Å². The highest BCUT2D eigenvalue weighted by molar-refractivity contribution is 7.91. The molecule has 102 valence electrons. The highest BCUT2D eigenvalue weighted by atomic mass is 32.2. The van der Waals surface area contributed by atoms with Crippen molar-refractivity contribution in [1.82, 2.24) is 0 Å². The Hall–Kier alpha value is -0.0900. The lowest BCUT2D eigenvalue weighted by Crippen LogP contribution is -2.39. The Morgan fingerprint density at radius 2 is 2.00 bits per heavy atom. The Bertz CT molecular complexity index is 326. The third-order valence-corrected chi connectivity index (χ3v) is 5.87. The molecule has 0 spiro atoms. The van der Waals surface area contributed by atoms with Gasteiger partial charge in [-0.15, -0.1) is 0 Å². The number of hydrogen-bond donors (Lipinski definition) is 1. The maximum absolute atomic E-state index is 11.4. The second-order valence-electron chi connectivity index (χ2n) is 5.74. The third kappa shape index (κ3) is 5.38. The lowest BCUT2D eigenvalue weighted by Gasteiger charge is -2.28. The van der Waals surface area contributed by atoms with Crippen LogP contribution in [0.1, 0.15) is 58.8 Å². The van der Waals surface area contributed by atoms with Crippen molar-refractivity contribution >= 4 is 9.84 Å². The summed E-state index contributed by atoms with van der Waals surface area (Å²) in [5.41, 5.74) is 6.29. The van der Waals surface area contributed by atoms with Gasteiger partial charge in [0, 0.05) is 11.3 Å². The number of hydrogen-bond acceptors (Lipinski definition) is 3. The average Bonchev–Trinajstić information content (AvgIpc) is 2.41. The molecule has 1 saturated carbocycles. The molecule has 2 N–H and O–H groups in total. The fourth-order valence-corrected chi connectivity index (χ4v) is 3.52. The Balaban J connectivity index is 2.39. The van der Waals surface area contributed by atoms with Crippen LogP contribution in [0.25, 0.3) is 0 Å². The van der Waals surface area contributed by atoms with Gasteiger partial charge in [0.2, 0.25) is 0 Å². The summed E-state index contributed by atoms with van der Waals surface area (Å²) in [7, 11) is -2.82. The maximum Gasteiger partial charge on any atom is 0.150 e. The molecule has 0 aromatic rings. The van der Waals surface area contributed by atoms with Crippen molar-refractivity contribution in [2.24, 2.45) is 11.7 Å². The predicted molar refractivity (Wildman–Crippen MR) is 72.7 cm³/mol. The van der Waals surface area contributed by atoms with Crippen molar-refractivity contribution in [2.45, 2.75) is 64.3 Å². The van der Waals surface area contributed by atoms with Crippen molar-refractivity contribution in [3.63, 3.8) is 0 Å².